The van der Waals surface area contributed by atoms with Gasteiger partial charge in [-0.25, -0.2) is 0 Å². The minimum atomic E-state index is -4.49. The molecule has 3 rings (SSSR count). The van der Waals surface area contributed by atoms with Gasteiger partial charge in [0.05, 0.1) is 18.8 Å². The van der Waals surface area contributed by atoms with Crippen LogP contribution in [0.3, 0.4) is 0 Å². The topological polar surface area (TPSA) is 61.9 Å². The number of alkyl halides is 3. The zero-order valence-electron chi connectivity index (χ0n) is 15.2. The summed E-state index contributed by atoms with van der Waals surface area (Å²) in [7, 11) is 0. The predicted octanol–water partition coefficient (Wildman–Crippen LogP) is 1.79. The van der Waals surface area contributed by atoms with Crippen LogP contribution in [0.15, 0.2) is 24.3 Å². The van der Waals surface area contributed by atoms with Crippen LogP contribution in [-0.4, -0.2) is 73.6 Å². The normalized spacial score (nSPS) is 20.5. The van der Waals surface area contributed by atoms with Gasteiger partial charge in [0.1, 0.15) is 0 Å². The molecule has 2 aliphatic heterocycles. The smallest absolute Gasteiger partial charge is 0.378 e. The van der Waals surface area contributed by atoms with E-state index in [-0.39, 0.29) is 29.9 Å². The van der Waals surface area contributed by atoms with Crippen LogP contribution < -0.4 is 5.32 Å². The number of rotatable bonds is 3. The molecule has 0 bridgehead atoms. The van der Waals surface area contributed by atoms with E-state index in [0.29, 0.717) is 45.8 Å². The van der Waals surface area contributed by atoms with E-state index in [1.807, 2.05) is 0 Å². The Kier molecular flexibility index (Phi) is 7.68. The minimum absolute atomic E-state index is 0. The predicted molar refractivity (Wildman–Crippen MR) is 98.4 cm³/mol. The maximum absolute atomic E-state index is 12.8. The number of benzene rings is 1. The number of hydrogen-bond donors (Lipinski definition) is 1. The molecule has 2 heterocycles. The van der Waals surface area contributed by atoms with Crippen molar-refractivity contribution in [3.63, 3.8) is 0 Å². The molecule has 1 aromatic rings. The molecule has 6 nitrogen and oxygen atoms in total. The van der Waals surface area contributed by atoms with Crippen LogP contribution in [0.1, 0.15) is 22.3 Å². The molecule has 1 N–H and O–H groups in total. The summed E-state index contributed by atoms with van der Waals surface area (Å²) in [6, 6.07) is 4.42. The highest BCUT2D eigenvalue weighted by Gasteiger charge is 2.32. The summed E-state index contributed by atoms with van der Waals surface area (Å²) in [6.45, 7) is 3.21. The van der Waals surface area contributed by atoms with Crippen molar-refractivity contribution in [3.05, 3.63) is 35.4 Å². The van der Waals surface area contributed by atoms with Crippen LogP contribution in [0.5, 0.6) is 0 Å². The Hall–Kier alpha value is -1.84. The number of piperazine rings is 1. The van der Waals surface area contributed by atoms with E-state index in [0.717, 1.165) is 18.7 Å². The fourth-order valence-electron chi connectivity index (χ4n) is 3.26. The molecule has 1 unspecified atom stereocenters. The molecule has 1 atom stereocenters. The molecule has 0 aliphatic carbocycles. The van der Waals surface area contributed by atoms with Crippen molar-refractivity contribution in [1.29, 1.82) is 0 Å². The van der Waals surface area contributed by atoms with Crippen LogP contribution in [-0.2, 0) is 15.7 Å². The summed E-state index contributed by atoms with van der Waals surface area (Å²) in [5.41, 5.74) is -0.836. The Morgan fingerprint density at radius 2 is 1.82 bits per heavy atom. The Bertz CT molecular complexity index is 688. The van der Waals surface area contributed by atoms with Crippen LogP contribution in [0.2, 0.25) is 0 Å². The zero-order chi connectivity index (χ0) is 19.4. The van der Waals surface area contributed by atoms with Gasteiger partial charge < -0.3 is 19.9 Å². The summed E-state index contributed by atoms with van der Waals surface area (Å²) >= 11 is 0. The van der Waals surface area contributed by atoms with Gasteiger partial charge in [0.2, 0.25) is 5.91 Å². The maximum Gasteiger partial charge on any atom is 0.416 e. The van der Waals surface area contributed by atoms with Gasteiger partial charge in [-0.1, -0.05) is 6.07 Å². The number of nitrogens with zero attached hydrogens (tertiary/aromatic N) is 2. The van der Waals surface area contributed by atoms with Gasteiger partial charge in [0.25, 0.3) is 5.91 Å². The lowest BCUT2D eigenvalue weighted by molar-refractivity contribution is -0.137. The van der Waals surface area contributed by atoms with Gasteiger partial charge in [-0.2, -0.15) is 13.2 Å². The molecule has 10 heteroatoms. The molecule has 2 saturated heterocycles. The summed E-state index contributed by atoms with van der Waals surface area (Å²) in [5.74, 6) is -0.459. The summed E-state index contributed by atoms with van der Waals surface area (Å²) in [4.78, 5) is 28.0. The fraction of sp³-hybridized carbons (Fsp3) is 0.556. The third-order valence-corrected chi connectivity index (χ3v) is 4.78. The quantitative estimate of drug-likeness (QED) is 0.808. The molecule has 0 radical (unpaired) electrons. The van der Waals surface area contributed by atoms with Gasteiger partial charge in [-0.3, -0.25) is 9.59 Å². The Labute approximate surface area is 167 Å². The third kappa shape index (κ3) is 5.59. The molecule has 28 heavy (non-hydrogen) atoms. The van der Waals surface area contributed by atoms with Gasteiger partial charge in [0.15, 0.2) is 0 Å². The van der Waals surface area contributed by atoms with Crippen molar-refractivity contribution >= 4 is 24.2 Å². The minimum Gasteiger partial charge on any atom is -0.378 e. The highest BCUT2D eigenvalue weighted by molar-refractivity contribution is 5.94. The molecule has 2 aliphatic rings. The molecule has 2 fully saturated rings. The first-order chi connectivity index (χ1) is 12.8. The Morgan fingerprint density at radius 1 is 1.14 bits per heavy atom. The van der Waals surface area contributed by atoms with Gasteiger partial charge in [0, 0.05) is 50.7 Å². The Balaban J connectivity index is 0.00000280. The van der Waals surface area contributed by atoms with Gasteiger partial charge >= 0.3 is 6.18 Å². The van der Waals surface area contributed by atoms with Crippen molar-refractivity contribution < 1.29 is 27.5 Å². The monoisotopic (exact) mass is 421 g/mol. The molecular weight excluding hydrogens is 399 g/mol. The van der Waals surface area contributed by atoms with Crippen LogP contribution in [0.4, 0.5) is 13.2 Å². The maximum atomic E-state index is 12.8. The van der Waals surface area contributed by atoms with Crippen molar-refractivity contribution in [2.45, 2.75) is 18.6 Å². The molecule has 1 aromatic carbocycles. The van der Waals surface area contributed by atoms with Crippen molar-refractivity contribution in [2.24, 2.45) is 0 Å². The fourth-order valence-corrected chi connectivity index (χ4v) is 3.26. The number of hydrogen-bond acceptors (Lipinski definition) is 4. The van der Waals surface area contributed by atoms with Gasteiger partial charge in [-0.05, 0) is 18.2 Å². The average molecular weight is 422 g/mol. The molecule has 0 aromatic heterocycles. The SMILES string of the molecule is Cl.O=C(CC1COCCN1)N1CCN(C(=O)c2cccc(C(F)(F)F)c2)CC1. The first-order valence-electron chi connectivity index (χ1n) is 8.90. The highest BCUT2D eigenvalue weighted by Crippen LogP contribution is 2.29. The highest BCUT2D eigenvalue weighted by atomic mass is 35.5. The lowest BCUT2D eigenvalue weighted by atomic mass is 10.1. The number of amides is 2. The van der Waals surface area contributed by atoms with Crippen molar-refractivity contribution in [3.8, 4) is 0 Å². The average Bonchev–Trinajstić information content (AvgIpc) is 2.68. The number of nitrogens with one attached hydrogen (secondary N) is 1. The van der Waals surface area contributed by atoms with Crippen LogP contribution >= 0.6 is 12.4 Å². The zero-order valence-corrected chi connectivity index (χ0v) is 16.0. The summed E-state index contributed by atoms with van der Waals surface area (Å²) in [5, 5.41) is 3.23. The number of ether oxygens (including phenoxy) is 1. The first-order valence-corrected chi connectivity index (χ1v) is 8.90. The van der Waals surface area contributed by atoms with E-state index >= 15 is 0 Å². The largest absolute Gasteiger partial charge is 0.416 e. The van der Waals surface area contributed by atoms with Crippen LogP contribution in [0, 0.1) is 0 Å². The number of carbonyl (C=O) groups is 2. The number of halogens is 4. The van der Waals surface area contributed by atoms with E-state index in [4.69, 9.17) is 4.74 Å². The molecule has 0 spiro atoms. The molecule has 0 saturated carbocycles. The van der Waals surface area contributed by atoms with E-state index in [9.17, 15) is 22.8 Å². The van der Waals surface area contributed by atoms with Crippen molar-refractivity contribution in [2.75, 3.05) is 45.9 Å². The molecular formula is C18H23ClF3N3O3. The lowest BCUT2D eigenvalue weighted by Gasteiger charge is -2.36. The van der Waals surface area contributed by atoms with E-state index in [1.165, 1.54) is 17.0 Å². The Morgan fingerprint density at radius 3 is 2.43 bits per heavy atom. The second-order valence-electron chi connectivity index (χ2n) is 6.68. The van der Waals surface area contributed by atoms with Crippen LogP contribution in [0.25, 0.3) is 0 Å². The molecule has 156 valence electrons. The standard InChI is InChI=1S/C18H22F3N3O3.ClH/c19-18(20,21)14-3-1-2-13(10-14)17(26)24-7-5-23(6-8-24)16(25)11-15-12-27-9-4-22-15;/h1-3,10,15,22H,4-9,11-12H2;1H. The second-order valence-corrected chi connectivity index (χ2v) is 6.68. The summed E-state index contributed by atoms with van der Waals surface area (Å²) < 4.78 is 43.8. The molecule has 2 amide bonds. The number of carbonyl (C=O) groups excluding carboxylic acids is 2. The van der Waals surface area contributed by atoms with Crippen molar-refractivity contribution in [1.82, 2.24) is 15.1 Å². The van der Waals surface area contributed by atoms with E-state index < -0.39 is 17.6 Å². The summed E-state index contributed by atoms with van der Waals surface area (Å²) in [6.07, 6.45) is -4.15. The number of morpholine rings is 1. The first kappa shape index (κ1) is 22.4. The van der Waals surface area contributed by atoms with Gasteiger partial charge in [-0.15, -0.1) is 12.4 Å². The second kappa shape index (κ2) is 9.58. The lowest BCUT2D eigenvalue weighted by Crippen LogP contribution is -2.52. The van der Waals surface area contributed by atoms with E-state index in [2.05, 4.69) is 5.32 Å². The van der Waals surface area contributed by atoms with E-state index in [1.54, 1.807) is 4.90 Å². The third-order valence-electron chi connectivity index (χ3n) is 4.78.